The average Bonchev–Trinajstić information content (AvgIpc) is 2.65. The number of rotatable bonds is 6. The van der Waals surface area contributed by atoms with Gasteiger partial charge in [0.25, 0.3) is 5.91 Å². The van der Waals surface area contributed by atoms with Crippen molar-refractivity contribution in [3.05, 3.63) is 60.4 Å². The summed E-state index contributed by atoms with van der Waals surface area (Å²) in [5, 5.41) is 13.3. The van der Waals surface area contributed by atoms with Crippen LogP contribution in [0.2, 0.25) is 0 Å². The Hall–Kier alpha value is -2.79. The van der Waals surface area contributed by atoms with E-state index in [9.17, 15) is 9.90 Å². The Kier molecular flexibility index (Phi) is 5.58. The molecule has 1 amide bonds. The molecule has 3 aromatic rings. The van der Waals surface area contributed by atoms with E-state index in [0.29, 0.717) is 18.5 Å². The number of hydrogen-bond donors (Lipinski definition) is 2. The van der Waals surface area contributed by atoms with E-state index >= 15 is 0 Å². The van der Waals surface area contributed by atoms with Crippen LogP contribution in [-0.2, 0) is 0 Å². The molecule has 0 aliphatic carbocycles. The van der Waals surface area contributed by atoms with Crippen LogP contribution in [0.15, 0.2) is 54.9 Å². The summed E-state index contributed by atoms with van der Waals surface area (Å²) in [7, 11) is 0. The number of para-hydroxylation sites is 1. The summed E-state index contributed by atoms with van der Waals surface area (Å²) in [6.45, 7) is 4.29. The van der Waals surface area contributed by atoms with Gasteiger partial charge in [-0.15, -0.1) is 0 Å². The maximum atomic E-state index is 12.8. The monoisotopic (exact) mass is 349 g/mol. The molecule has 5 nitrogen and oxygen atoms in total. The van der Waals surface area contributed by atoms with Crippen LogP contribution >= 0.6 is 0 Å². The van der Waals surface area contributed by atoms with Crippen molar-refractivity contribution in [3.8, 4) is 11.3 Å². The predicted molar refractivity (Wildman–Crippen MR) is 103 cm³/mol. The smallest absolute Gasteiger partial charge is 0.252 e. The molecule has 0 saturated carbocycles. The number of fused-ring (bicyclic) bond motifs is 1. The molecule has 2 heterocycles. The summed E-state index contributed by atoms with van der Waals surface area (Å²) in [4.78, 5) is 21.5. The minimum absolute atomic E-state index is 0.128. The van der Waals surface area contributed by atoms with Crippen LogP contribution in [0.4, 0.5) is 0 Å². The van der Waals surface area contributed by atoms with E-state index in [1.54, 1.807) is 19.3 Å². The SMILES string of the molecule is CC(O)CC(C)CNC(=O)c1cc(-c2ccncc2)nc2ccccc12. The second-order valence-electron chi connectivity index (χ2n) is 6.71. The average molecular weight is 349 g/mol. The van der Waals surface area contributed by atoms with Crippen LogP contribution in [0.3, 0.4) is 0 Å². The topological polar surface area (TPSA) is 75.1 Å². The van der Waals surface area contributed by atoms with Crippen molar-refractivity contribution in [2.75, 3.05) is 6.54 Å². The van der Waals surface area contributed by atoms with Gasteiger partial charge in [0.15, 0.2) is 0 Å². The van der Waals surface area contributed by atoms with Crippen LogP contribution in [0.1, 0.15) is 30.6 Å². The molecule has 5 heteroatoms. The summed E-state index contributed by atoms with van der Waals surface area (Å²) >= 11 is 0. The van der Waals surface area contributed by atoms with Gasteiger partial charge in [-0.2, -0.15) is 0 Å². The standard InChI is InChI=1S/C21H23N3O2/c1-14(11-15(2)25)13-23-21(26)18-12-20(16-7-9-22-10-8-16)24-19-6-4-3-5-17(18)19/h3-10,12,14-15,25H,11,13H2,1-2H3,(H,23,26). The largest absolute Gasteiger partial charge is 0.393 e. The zero-order valence-electron chi connectivity index (χ0n) is 15.0. The highest BCUT2D eigenvalue weighted by Crippen LogP contribution is 2.24. The molecule has 2 unspecified atom stereocenters. The van der Waals surface area contributed by atoms with Gasteiger partial charge in [-0.1, -0.05) is 25.1 Å². The molecule has 0 spiro atoms. The van der Waals surface area contributed by atoms with Crippen molar-refractivity contribution < 1.29 is 9.90 Å². The van der Waals surface area contributed by atoms with E-state index in [1.807, 2.05) is 49.4 Å². The number of carbonyl (C=O) groups is 1. The molecule has 2 atom stereocenters. The summed E-state index contributed by atoms with van der Waals surface area (Å²) in [6, 6.07) is 13.2. The molecular weight excluding hydrogens is 326 g/mol. The van der Waals surface area contributed by atoms with Crippen LogP contribution < -0.4 is 5.32 Å². The number of amides is 1. The maximum Gasteiger partial charge on any atom is 0.252 e. The van der Waals surface area contributed by atoms with Gasteiger partial charge in [-0.3, -0.25) is 9.78 Å². The van der Waals surface area contributed by atoms with Gasteiger partial charge in [0.1, 0.15) is 0 Å². The number of aliphatic hydroxyl groups is 1. The molecule has 1 aromatic carbocycles. The first kappa shape index (κ1) is 18.0. The van der Waals surface area contributed by atoms with E-state index in [4.69, 9.17) is 0 Å². The van der Waals surface area contributed by atoms with E-state index in [0.717, 1.165) is 22.2 Å². The number of benzene rings is 1. The quantitative estimate of drug-likeness (QED) is 0.715. The van der Waals surface area contributed by atoms with Gasteiger partial charge < -0.3 is 10.4 Å². The number of hydrogen-bond acceptors (Lipinski definition) is 4. The fourth-order valence-electron chi connectivity index (χ4n) is 3.06. The van der Waals surface area contributed by atoms with Gasteiger partial charge in [0.05, 0.1) is 22.9 Å². The molecular formula is C21H23N3O2. The second kappa shape index (κ2) is 8.06. The lowest BCUT2D eigenvalue weighted by atomic mass is 10.0. The fraction of sp³-hybridized carbons (Fsp3) is 0.286. The van der Waals surface area contributed by atoms with Crippen LogP contribution in [0.5, 0.6) is 0 Å². The van der Waals surface area contributed by atoms with Gasteiger partial charge >= 0.3 is 0 Å². The highest BCUT2D eigenvalue weighted by atomic mass is 16.3. The van der Waals surface area contributed by atoms with Crippen molar-refractivity contribution >= 4 is 16.8 Å². The highest BCUT2D eigenvalue weighted by molar-refractivity contribution is 6.07. The summed E-state index contributed by atoms with van der Waals surface area (Å²) in [5.74, 6) is 0.0723. The number of pyridine rings is 2. The first-order valence-corrected chi connectivity index (χ1v) is 8.81. The van der Waals surface area contributed by atoms with Crippen LogP contribution in [0, 0.1) is 5.92 Å². The van der Waals surface area contributed by atoms with Gasteiger partial charge in [-0.25, -0.2) is 4.98 Å². The minimum Gasteiger partial charge on any atom is -0.393 e. The predicted octanol–water partition coefficient (Wildman–Crippen LogP) is 3.43. The Labute approximate surface area is 153 Å². The van der Waals surface area contributed by atoms with Gasteiger partial charge in [-0.05, 0) is 43.5 Å². The van der Waals surface area contributed by atoms with Crippen molar-refractivity contribution in [1.82, 2.24) is 15.3 Å². The van der Waals surface area contributed by atoms with Gasteiger partial charge in [0.2, 0.25) is 0 Å². The Morgan fingerprint density at radius 2 is 1.88 bits per heavy atom. The fourth-order valence-corrected chi connectivity index (χ4v) is 3.06. The first-order chi connectivity index (χ1) is 12.5. The molecule has 0 fully saturated rings. The highest BCUT2D eigenvalue weighted by Gasteiger charge is 2.15. The Morgan fingerprint density at radius 3 is 2.62 bits per heavy atom. The summed E-state index contributed by atoms with van der Waals surface area (Å²) in [6.07, 6.45) is 3.70. The molecule has 134 valence electrons. The van der Waals surface area contributed by atoms with Gasteiger partial charge in [0, 0.05) is 29.9 Å². The van der Waals surface area contributed by atoms with E-state index < -0.39 is 0 Å². The molecule has 3 rings (SSSR count). The molecule has 26 heavy (non-hydrogen) atoms. The lowest BCUT2D eigenvalue weighted by Crippen LogP contribution is -2.29. The number of nitrogens with one attached hydrogen (secondary N) is 1. The van der Waals surface area contributed by atoms with E-state index in [-0.39, 0.29) is 17.9 Å². The molecule has 0 bridgehead atoms. The third-order valence-corrected chi connectivity index (χ3v) is 4.29. The van der Waals surface area contributed by atoms with Crippen LogP contribution in [0.25, 0.3) is 22.2 Å². The van der Waals surface area contributed by atoms with E-state index in [1.165, 1.54) is 0 Å². The Bertz CT molecular complexity index is 894. The molecule has 0 aliphatic heterocycles. The number of aromatic nitrogens is 2. The zero-order chi connectivity index (χ0) is 18.5. The second-order valence-corrected chi connectivity index (χ2v) is 6.71. The molecule has 0 radical (unpaired) electrons. The number of carbonyl (C=O) groups excluding carboxylic acids is 1. The molecule has 2 aromatic heterocycles. The molecule has 2 N–H and O–H groups in total. The van der Waals surface area contributed by atoms with Crippen molar-refractivity contribution in [2.45, 2.75) is 26.4 Å². The molecule has 0 aliphatic rings. The lowest BCUT2D eigenvalue weighted by molar-refractivity contribution is 0.0941. The first-order valence-electron chi connectivity index (χ1n) is 8.81. The number of aliphatic hydroxyl groups excluding tert-OH is 1. The Morgan fingerprint density at radius 1 is 1.15 bits per heavy atom. The minimum atomic E-state index is -0.373. The van der Waals surface area contributed by atoms with Crippen molar-refractivity contribution in [2.24, 2.45) is 5.92 Å². The zero-order valence-corrected chi connectivity index (χ0v) is 15.0. The number of nitrogens with zero attached hydrogens (tertiary/aromatic N) is 2. The van der Waals surface area contributed by atoms with Crippen LogP contribution in [-0.4, -0.2) is 33.6 Å². The summed E-state index contributed by atoms with van der Waals surface area (Å²) in [5.41, 5.74) is 3.05. The normalized spacial score (nSPS) is 13.3. The third kappa shape index (κ3) is 4.24. The Balaban J connectivity index is 1.92. The van der Waals surface area contributed by atoms with E-state index in [2.05, 4.69) is 15.3 Å². The maximum absolute atomic E-state index is 12.8. The molecule has 0 saturated heterocycles. The van der Waals surface area contributed by atoms with Crippen molar-refractivity contribution in [3.63, 3.8) is 0 Å². The third-order valence-electron chi connectivity index (χ3n) is 4.29. The lowest BCUT2D eigenvalue weighted by Gasteiger charge is -2.15. The van der Waals surface area contributed by atoms with Crippen molar-refractivity contribution in [1.29, 1.82) is 0 Å². The summed E-state index contributed by atoms with van der Waals surface area (Å²) < 4.78 is 0.